The van der Waals surface area contributed by atoms with E-state index < -0.39 is 5.97 Å². The molecule has 1 atom stereocenters. The fourth-order valence-electron chi connectivity index (χ4n) is 2.06. The van der Waals surface area contributed by atoms with Crippen molar-refractivity contribution in [2.45, 2.75) is 13.0 Å². The number of para-hydroxylation sites is 1. The number of carboxylic acids is 1. The van der Waals surface area contributed by atoms with Crippen molar-refractivity contribution in [3.8, 4) is 0 Å². The number of nitrogens with zero attached hydrogens (tertiary/aromatic N) is 1. The number of carboxylic acid groups (broad SMARTS) is 1. The Morgan fingerprint density at radius 2 is 2.33 bits per heavy atom. The minimum absolute atomic E-state index is 0.339. The lowest BCUT2D eigenvalue weighted by atomic mass is 10.1. The summed E-state index contributed by atoms with van der Waals surface area (Å²) in [7, 11) is 1.92. The van der Waals surface area contributed by atoms with Gasteiger partial charge in [-0.25, -0.2) is 4.79 Å². The van der Waals surface area contributed by atoms with E-state index in [4.69, 9.17) is 5.11 Å². The molecule has 1 aromatic carbocycles. The maximum Gasteiger partial charge on any atom is 0.337 e. The maximum absolute atomic E-state index is 11.0. The Hall–Kier alpha value is -1.71. The van der Waals surface area contributed by atoms with Crippen molar-refractivity contribution in [1.29, 1.82) is 0 Å². The number of nitrogens with one attached hydrogen (secondary N) is 1. The fraction of sp³-hybridized carbons (Fsp3) is 0.364. The van der Waals surface area contributed by atoms with Crippen LogP contribution in [0.4, 0.5) is 11.4 Å². The zero-order valence-electron chi connectivity index (χ0n) is 8.82. The fourth-order valence-corrected chi connectivity index (χ4v) is 2.06. The Balaban J connectivity index is 2.54. The molecule has 1 heterocycles. The summed E-state index contributed by atoms with van der Waals surface area (Å²) in [5.41, 5.74) is 2.04. The topological polar surface area (TPSA) is 52.6 Å². The normalized spacial score (nSPS) is 19.3. The Kier molecular flexibility index (Phi) is 2.26. The molecule has 2 rings (SSSR count). The van der Waals surface area contributed by atoms with Crippen molar-refractivity contribution in [2.24, 2.45) is 0 Å². The molecule has 4 heteroatoms. The number of fused-ring (bicyclic) bond motifs is 1. The second-order valence-electron chi connectivity index (χ2n) is 3.93. The highest BCUT2D eigenvalue weighted by Gasteiger charge is 2.23. The van der Waals surface area contributed by atoms with Gasteiger partial charge in [-0.3, -0.25) is 0 Å². The lowest BCUT2D eigenvalue weighted by molar-refractivity contribution is 0.0697. The minimum atomic E-state index is -0.880. The Morgan fingerprint density at radius 1 is 1.60 bits per heavy atom. The number of likely N-dealkylation sites (N-methyl/N-ethyl adjacent to an activating group) is 1. The molecule has 4 nitrogen and oxygen atoms in total. The van der Waals surface area contributed by atoms with E-state index in [-0.39, 0.29) is 0 Å². The lowest BCUT2D eigenvalue weighted by Gasteiger charge is -2.34. The highest BCUT2D eigenvalue weighted by atomic mass is 16.4. The molecule has 1 unspecified atom stereocenters. The number of carbonyl (C=O) groups is 1. The number of anilines is 2. The standard InChI is InChI=1S/C11H14N2O2/c1-7-6-13(2)10-8(11(14)15)4-3-5-9(10)12-7/h3-5,7,12H,6H2,1-2H3,(H,14,15). The van der Waals surface area contributed by atoms with E-state index in [1.54, 1.807) is 12.1 Å². The molecule has 80 valence electrons. The molecule has 0 saturated heterocycles. The van der Waals surface area contributed by atoms with Gasteiger partial charge < -0.3 is 15.3 Å². The van der Waals surface area contributed by atoms with Crippen molar-refractivity contribution >= 4 is 17.3 Å². The predicted octanol–water partition coefficient (Wildman–Crippen LogP) is 1.63. The van der Waals surface area contributed by atoms with Gasteiger partial charge in [-0.15, -0.1) is 0 Å². The zero-order chi connectivity index (χ0) is 11.0. The first kappa shape index (κ1) is 9.83. The molecule has 0 aliphatic carbocycles. The van der Waals surface area contributed by atoms with Crippen molar-refractivity contribution < 1.29 is 9.90 Å². The first-order valence-electron chi connectivity index (χ1n) is 4.93. The summed E-state index contributed by atoms with van der Waals surface area (Å²) in [6.07, 6.45) is 0. The third-order valence-corrected chi connectivity index (χ3v) is 2.60. The quantitative estimate of drug-likeness (QED) is 0.733. The Morgan fingerprint density at radius 3 is 3.00 bits per heavy atom. The molecular formula is C11H14N2O2. The lowest BCUT2D eigenvalue weighted by Crippen LogP contribution is -2.38. The van der Waals surface area contributed by atoms with Crippen LogP contribution >= 0.6 is 0 Å². The zero-order valence-corrected chi connectivity index (χ0v) is 8.82. The number of benzene rings is 1. The molecule has 1 aromatic rings. The van der Waals surface area contributed by atoms with E-state index in [0.717, 1.165) is 17.9 Å². The van der Waals surface area contributed by atoms with Crippen LogP contribution in [0.3, 0.4) is 0 Å². The van der Waals surface area contributed by atoms with Crippen molar-refractivity contribution in [2.75, 3.05) is 23.8 Å². The number of hydrogen-bond acceptors (Lipinski definition) is 3. The summed E-state index contributed by atoms with van der Waals surface area (Å²) >= 11 is 0. The molecule has 1 aliphatic heterocycles. The maximum atomic E-state index is 11.0. The third kappa shape index (κ3) is 1.63. The van der Waals surface area contributed by atoms with E-state index in [9.17, 15) is 4.79 Å². The van der Waals surface area contributed by atoms with E-state index in [2.05, 4.69) is 12.2 Å². The van der Waals surface area contributed by atoms with Crippen LogP contribution in [0, 0.1) is 0 Å². The molecule has 0 fully saturated rings. The molecule has 0 saturated carbocycles. The summed E-state index contributed by atoms with van der Waals surface area (Å²) in [6.45, 7) is 2.89. The second-order valence-corrected chi connectivity index (χ2v) is 3.93. The summed E-state index contributed by atoms with van der Waals surface area (Å²) in [5.74, 6) is -0.880. The first-order chi connectivity index (χ1) is 7.09. The van der Waals surface area contributed by atoms with Gasteiger partial charge in [0.05, 0.1) is 16.9 Å². The van der Waals surface area contributed by atoms with Gasteiger partial charge in [0, 0.05) is 19.6 Å². The van der Waals surface area contributed by atoms with E-state index in [1.165, 1.54) is 0 Å². The van der Waals surface area contributed by atoms with Gasteiger partial charge in [0.25, 0.3) is 0 Å². The van der Waals surface area contributed by atoms with E-state index >= 15 is 0 Å². The number of aromatic carboxylic acids is 1. The van der Waals surface area contributed by atoms with Gasteiger partial charge in [0.15, 0.2) is 0 Å². The van der Waals surface area contributed by atoms with Crippen LogP contribution in [0.15, 0.2) is 18.2 Å². The van der Waals surface area contributed by atoms with Crippen LogP contribution in [0.1, 0.15) is 17.3 Å². The SMILES string of the molecule is CC1CN(C)c2c(cccc2C(=O)O)N1. The van der Waals surface area contributed by atoms with Gasteiger partial charge in [-0.1, -0.05) is 6.07 Å². The van der Waals surface area contributed by atoms with Crippen LogP contribution in [-0.4, -0.2) is 30.7 Å². The van der Waals surface area contributed by atoms with Crippen molar-refractivity contribution in [3.05, 3.63) is 23.8 Å². The van der Waals surface area contributed by atoms with E-state index in [0.29, 0.717) is 11.6 Å². The largest absolute Gasteiger partial charge is 0.478 e. The molecule has 2 N–H and O–H groups in total. The minimum Gasteiger partial charge on any atom is -0.478 e. The number of hydrogen-bond donors (Lipinski definition) is 2. The molecule has 1 aliphatic rings. The first-order valence-corrected chi connectivity index (χ1v) is 4.93. The predicted molar refractivity (Wildman–Crippen MR) is 59.8 cm³/mol. The Labute approximate surface area is 88.5 Å². The monoisotopic (exact) mass is 206 g/mol. The summed E-state index contributed by atoms with van der Waals surface area (Å²) in [4.78, 5) is 13.0. The van der Waals surface area contributed by atoms with E-state index in [1.807, 2.05) is 18.0 Å². The summed E-state index contributed by atoms with van der Waals surface area (Å²) in [5, 5.41) is 12.4. The van der Waals surface area contributed by atoms with Gasteiger partial charge in [0.2, 0.25) is 0 Å². The summed E-state index contributed by atoms with van der Waals surface area (Å²) in [6, 6.07) is 5.65. The molecule has 0 radical (unpaired) electrons. The smallest absolute Gasteiger partial charge is 0.337 e. The highest BCUT2D eigenvalue weighted by molar-refractivity contribution is 5.98. The van der Waals surface area contributed by atoms with Crippen LogP contribution in [0.5, 0.6) is 0 Å². The van der Waals surface area contributed by atoms with Crippen molar-refractivity contribution in [1.82, 2.24) is 0 Å². The Bertz CT molecular complexity index is 404. The molecule has 15 heavy (non-hydrogen) atoms. The molecule has 0 aromatic heterocycles. The van der Waals surface area contributed by atoms with Gasteiger partial charge in [-0.05, 0) is 19.1 Å². The summed E-state index contributed by atoms with van der Waals surface area (Å²) < 4.78 is 0. The molecule has 0 amide bonds. The molecule has 0 spiro atoms. The third-order valence-electron chi connectivity index (χ3n) is 2.60. The second kappa shape index (κ2) is 3.46. The van der Waals surface area contributed by atoms with Crippen molar-refractivity contribution in [3.63, 3.8) is 0 Å². The van der Waals surface area contributed by atoms with Crippen LogP contribution < -0.4 is 10.2 Å². The average molecular weight is 206 g/mol. The molecule has 0 bridgehead atoms. The van der Waals surface area contributed by atoms with Crippen LogP contribution in [-0.2, 0) is 0 Å². The average Bonchev–Trinajstić information content (AvgIpc) is 2.16. The molecular weight excluding hydrogens is 192 g/mol. The van der Waals surface area contributed by atoms with Gasteiger partial charge >= 0.3 is 5.97 Å². The highest BCUT2D eigenvalue weighted by Crippen LogP contribution is 2.33. The van der Waals surface area contributed by atoms with Crippen LogP contribution in [0.25, 0.3) is 0 Å². The number of rotatable bonds is 1. The van der Waals surface area contributed by atoms with Crippen LogP contribution in [0.2, 0.25) is 0 Å². The van der Waals surface area contributed by atoms with Gasteiger partial charge in [-0.2, -0.15) is 0 Å². The van der Waals surface area contributed by atoms with Gasteiger partial charge in [0.1, 0.15) is 0 Å².